The van der Waals surface area contributed by atoms with Gasteiger partial charge in [-0.15, -0.1) is 0 Å². The number of carbonyl (C=O) groups is 1. The number of rotatable bonds is 5. The predicted octanol–water partition coefficient (Wildman–Crippen LogP) is 1.40. The van der Waals surface area contributed by atoms with E-state index >= 15 is 0 Å². The highest BCUT2D eigenvalue weighted by atomic mass is 32.2. The number of hydrazine groups is 1. The molecular weight excluding hydrogens is 364 g/mol. The molecule has 27 heavy (non-hydrogen) atoms. The van der Waals surface area contributed by atoms with Crippen molar-refractivity contribution >= 4 is 21.6 Å². The van der Waals surface area contributed by atoms with Crippen LogP contribution in [0, 0.1) is 0 Å². The molecule has 7 nitrogen and oxygen atoms in total. The number of hydrogen-bond donors (Lipinski definition) is 1. The molecule has 8 heteroatoms. The molecule has 0 bridgehead atoms. The van der Waals surface area contributed by atoms with Gasteiger partial charge in [-0.05, 0) is 43.4 Å². The normalized spacial score (nSPS) is 16.1. The minimum atomic E-state index is -3.68. The molecule has 1 aliphatic heterocycles. The molecule has 0 spiro atoms. The Balaban J connectivity index is 1.70. The summed E-state index contributed by atoms with van der Waals surface area (Å²) < 4.78 is 26.8. The van der Waals surface area contributed by atoms with Crippen LogP contribution in [0.3, 0.4) is 0 Å². The number of likely N-dealkylation sites (N-methyl/N-ethyl adjacent to an activating group) is 1. The summed E-state index contributed by atoms with van der Waals surface area (Å²) in [6.07, 6.45) is 0. The van der Waals surface area contributed by atoms with Gasteiger partial charge in [-0.1, -0.05) is 18.2 Å². The number of hydrogen-bond acceptors (Lipinski definition) is 5. The summed E-state index contributed by atoms with van der Waals surface area (Å²) in [5.74, 6) is -0.236. The summed E-state index contributed by atoms with van der Waals surface area (Å²) in [6, 6.07) is 14.9. The fourth-order valence-electron chi connectivity index (χ4n) is 2.84. The van der Waals surface area contributed by atoms with Crippen molar-refractivity contribution < 1.29 is 13.2 Å². The lowest BCUT2D eigenvalue weighted by molar-refractivity contribution is 0.0662. The van der Waals surface area contributed by atoms with Crippen LogP contribution in [0.4, 0.5) is 5.69 Å². The second kappa shape index (κ2) is 8.08. The molecule has 1 heterocycles. The van der Waals surface area contributed by atoms with Crippen molar-refractivity contribution in [1.29, 1.82) is 0 Å². The Hall–Kier alpha value is -2.42. The summed E-state index contributed by atoms with van der Waals surface area (Å²) in [4.78, 5) is 14.7. The highest BCUT2D eigenvalue weighted by molar-refractivity contribution is 7.92. The number of piperazine rings is 1. The molecule has 2 aromatic carbocycles. The van der Waals surface area contributed by atoms with Gasteiger partial charge in [0.2, 0.25) is 0 Å². The molecule has 1 aliphatic rings. The van der Waals surface area contributed by atoms with Gasteiger partial charge in [0.05, 0.1) is 10.6 Å². The topological polar surface area (TPSA) is 73.0 Å². The molecule has 144 valence electrons. The number of sulfonamides is 1. The summed E-state index contributed by atoms with van der Waals surface area (Å²) in [6.45, 7) is 3.31. The molecule has 0 aromatic heterocycles. The molecule has 0 aliphatic carbocycles. The summed E-state index contributed by atoms with van der Waals surface area (Å²) in [5.41, 5.74) is 3.87. The van der Waals surface area contributed by atoms with Crippen LogP contribution in [0.1, 0.15) is 10.4 Å². The van der Waals surface area contributed by atoms with Crippen molar-refractivity contribution in [3.05, 3.63) is 60.2 Å². The molecule has 1 amide bonds. The average molecular weight is 388 g/mol. The third-order valence-electron chi connectivity index (χ3n) is 4.66. The second-order valence-corrected chi connectivity index (χ2v) is 8.53. The van der Waals surface area contributed by atoms with Gasteiger partial charge in [0.25, 0.3) is 15.9 Å². The first-order valence-corrected chi connectivity index (χ1v) is 10.2. The van der Waals surface area contributed by atoms with Crippen LogP contribution in [0.5, 0.6) is 0 Å². The van der Waals surface area contributed by atoms with Crippen molar-refractivity contribution in [1.82, 2.24) is 15.3 Å². The summed E-state index contributed by atoms with van der Waals surface area (Å²) in [7, 11) is -0.123. The van der Waals surface area contributed by atoms with Crippen LogP contribution in [0.15, 0.2) is 59.5 Å². The number of benzene rings is 2. The highest BCUT2D eigenvalue weighted by Gasteiger charge is 2.22. The van der Waals surface area contributed by atoms with Crippen LogP contribution in [0.25, 0.3) is 0 Å². The Morgan fingerprint density at radius 2 is 1.56 bits per heavy atom. The van der Waals surface area contributed by atoms with Crippen molar-refractivity contribution in [2.24, 2.45) is 0 Å². The van der Waals surface area contributed by atoms with Gasteiger partial charge in [-0.25, -0.2) is 13.4 Å². The molecule has 0 unspecified atom stereocenters. The minimum absolute atomic E-state index is 0.144. The Labute approximate surface area is 160 Å². The van der Waals surface area contributed by atoms with Crippen LogP contribution < -0.4 is 9.73 Å². The molecule has 1 saturated heterocycles. The number of nitrogens with zero attached hydrogens (tertiary/aromatic N) is 3. The van der Waals surface area contributed by atoms with E-state index in [0.29, 0.717) is 11.3 Å². The van der Waals surface area contributed by atoms with E-state index < -0.39 is 10.0 Å². The zero-order valence-electron chi connectivity index (χ0n) is 15.5. The predicted molar refractivity (Wildman–Crippen MR) is 105 cm³/mol. The Bertz CT molecular complexity index is 877. The number of para-hydroxylation sites is 1. The molecule has 0 atom stereocenters. The third kappa shape index (κ3) is 4.47. The molecular formula is C19H24N4O3S. The quantitative estimate of drug-likeness (QED) is 0.838. The summed E-state index contributed by atoms with van der Waals surface area (Å²) >= 11 is 0. The smallest absolute Gasteiger partial charge is 0.265 e. The molecule has 2 aromatic rings. The molecule has 1 N–H and O–H groups in total. The first-order chi connectivity index (χ1) is 12.9. The molecule has 1 fully saturated rings. The van der Waals surface area contributed by atoms with Gasteiger partial charge < -0.3 is 4.90 Å². The zero-order valence-corrected chi connectivity index (χ0v) is 16.3. The number of amides is 1. The maximum atomic E-state index is 12.8. The van der Waals surface area contributed by atoms with Gasteiger partial charge in [0.1, 0.15) is 0 Å². The average Bonchev–Trinajstić information content (AvgIpc) is 2.70. The van der Waals surface area contributed by atoms with Crippen molar-refractivity contribution in [2.45, 2.75) is 4.90 Å². The largest absolute Gasteiger partial charge is 0.304 e. The van der Waals surface area contributed by atoms with Crippen LogP contribution in [-0.4, -0.2) is 64.5 Å². The SMILES string of the molecule is CN1CCN(NC(=O)c2ccc(S(=O)(=O)N(C)c3ccccc3)cc2)CC1. The lowest BCUT2D eigenvalue weighted by atomic mass is 10.2. The van der Waals surface area contributed by atoms with Gasteiger partial charge in [-0.2, -0.15) is 0 Å². The van der Waals surface area contributed by atoms with E-state index in [2.05, 4.69) is 10.3 Å². The maximum Gasteiger partial charge on any atom is 0.265 e. The lowest BCUT2D eigenvalue weighted by Gasteiger charge is -2.32. The van der Waals surface area contributed by atoms with Gasteiger partial charge in [-0.3, -0.25) is 14.5 Å². The molecule has 0 radical (unpaired) electrons. The number of carbonyl (C=O) groups excluding carboxylic acids is 1. The standard InChI is InChI=1S/C19H24N4O3S/c1-21-12-14-23(15-13-21)20-19(24)16-8-10-18(11-9-16)27(25,26)22(2)17-6-4-3-5-7-17/h3-11H,12-15H2,1-2H3,(H,20,24). The lowest BCUT2D eigenvalue weighted by Crippen LogP contribution is -2.52. The molecule has 0 saturated carbocycles. The van der Waals surface area contributed by atoms with Gasteiger partial charge in [0.15, 0.2) is 0 Å². The Kier molecular flexibility index (Phi) is 5.79. The minimum Gasteiger partial charge on any atom is -0.304 e. The van der Waals surface area contributed by atoms with E-state index in [1.165, 1.54) is 35.6 Å². The second-order valence-electron chi connectivity index (χ2n) is 6.56. The summed E-state index contributed by atoms with van der Waals surface area (Å²) in [5, 5.41) is 1.89. The van der Waals surface area contributed by atoms with E-state index in [9.17, 15) is 13.2 Å². The monoisotopic (exact) mass is 388 g/mol. The van der Waals surface area contributed by atoms with Crippen molar-refractivity contribution in [2.75, 3.05) is 44.6 Å². The van der Waals surface area contributed by atoms with Gasteiger partial charge >= 0.3 is 0 Å². The Morgan fingerprint density at radius 1 is 0.963 bits per heavy atom. The maximum absolute atomic E-state index is 12.8. The highest BCUT2D eigenvalue weighted by Crippen LogP contribution is 2.21. The van der Waals surface area contributed by atoms with E-state index in [0.717, 1.165) is 26.2 Å². The fourth-order valence-corrected chi connectivity index (χ4v) is 4.04. The van der Waals surface area contributed by atoms with Crippen molar-refractivity contribution in [3.8, 4) is 0 Å². The molecule has 3 rings (SSSR count). The van der Waals surface area contributed by atoms with Crippen molar-refractivity contribution in [3.63, 3.8) is 0 Å². The first-order valence-electron chi connectivity index (χ1n) is 8.76. The fraction of sp³-hybridized carbons (Fsp3) is 0.316. The zero-order chi connectivity index (χ0) is 19.4. The van der Waals surface area contributed by atoms with Crippen LogP contribution in [-0.2, 0) is 10.0 Å². The van der Waals surface area contributed by atoms with E-state index in [-0.39, 0.29) is 10.8 Å². The number of anilines is 1. The van der Waals surface area contributed by atoms with E-state index in [1.54, 1.807) is 24.3 Å². The third-order valence-corrected chi connectivity index (χ3v) is 6.46. The number of nitrogens with one attached hydrogen (secondary N) is 1. The first kappa shape index (κ1) is 19.3. The Morgan fingerprint density at radius 3 is 2.15 bits per heavy atom. The van der Waals surface area contributed by atoms with E-state index in [4.69, 9.17) is 0 Å². The van der Waals surface area contributed by atoms with E-state index in [1.807, 2.05) is 18.1 Å². The van der Waals surface area contributed by atoms with Crippen LogP contribution >= 0.6 is 0 Å². The van der Waals surface area contributed by atoms with Gasteiger partial charge in [0, 0.05) is 38.8 Å². The van der Waals surface area contributed by atoms with Crippen LogP contribution in [0.2, 0.25) is 0 Å².